The summed E-state index contributed by atoms with van der Waals surface area (Å²) in [5.74, 6) is 0. The molecule has 1 aliphatic rings. The molecule has 4 rings (SSSR count). The Labute approximate surface area is 190 Å². The van der Waals surface area contributed by atoms with E-state index in [2.05, 4.69) is 10.2 Å². The summed E-state index contributed by atoms with van der Waals surface area (Å²) in [5, 5.41) is 52.7. The molecule has 2 aromatic heterocycles. The van der Waals surface area contributed by atoms with Crippen LogP contribution in [-0.2, 0) is 11.2 Å². The molecule has 0 amide bonds. The summed E-state index contributed by atoms with van der Waals surface area (Å²) in [6.45, 7) is -0.485. The van der Waals surface area contributed by atoms with E-state index in [0.717, 1.165) is 20.5 Å². The first-order valence-electron chi connectivity index (χ1n) is 9.03. The lowest BCUT2D eigenvalue weighted by Crippen LogP contribution is -2.55. The number of aliphatic hydroxyl groups is 4. The van der Waals surface area contributed by atoms with Gasteiger partial charge in [0.15, 0.2) is 5.01 Å². The van der Waals surface area contributed by atoms with E-state index in [1.54, 1.807) is 18.2 Å². The highest BCUT2D eigenvalue weighted by atomic mass is 35.5. The second-order valence-corrected chi connectivity index (χ2v) is 9.67. The van der Waals surface area contributed by atoms with Crippen LogP contribution in [0, 0.1) is 0 Å². The zero-order chi connectivity index (χ0) is 21.4. The molecule has 4 N–H and O–H groups in total. The molecule has 0 bridgehead atoms. The summed E-state index contributed by atoms with van der Waals surface area (Å²) in [7, 11) is 0. The van der Waals surface area contributed by atoms with E-state index in [9.17, 15) is 20.4 Å². The minimum atomic E-state index is -1.44. The summed E-state index contributed by atoms with van der Waals surface area (Å²) in [6, 6.07) is 6.92. The van der Waals surface area contributed by atoms with Crippen molar-refractivity contribution in [3.05, 3.63) is 55.8 Å². The quantitative estimate of drug-likeness (QED) is 0.436. The maximum atomic E-state index is 10.4. The van der Waals surface area contributed by atoms with Gasteiger partial charge in [-0.1, -0.05) is 46.7 Å². The lowest BCUT2D eigenvalue weighted by molar-refractivity contribution is -0.231. The van der Waals surface area contributed by atoms with Crippen LogP contribution in [0.4, 0.5) is 0 Å². The van der Waals surface area contributed by atoms with Crippen molar-refractivity contribution in [2.45, 2.75) is 36.9 Å². The summed E-state index contributed by atoms with van der Waals surface area (Å²) in [4.78, 5) is 0.863. The fraction of sp³-hybridized carbons (Fsp3) is 0.368. The zero-order valence-corrected chi connectivity index (χ0v) is 18.5. The van der Waals surface area contributed by atoms with Gasteiger partial charge in [-0.3, -0.25) is 0 Å². The van der Waals surface area contributed by atoms with E-state index in [1.165, 1.54) is 22.7 Å². The number of benzene rings is 1. The van der Waals surface area contributed by atoms with Crippen molar-refractivity contribution < 1.29 is 25.2 Å². The smallest absolute Gasteiger partial charge is 0.159 e. The lowest BCUT2D eigenvalue weighted by Gasteiger charge is -2.40. The predicted octanol–water partition coefficient (Wildman–Crippen LogP) is 2.68. The van der Waals surface area contributed by atoms with Crippen LogP contribution in [-0.4, -0.2) is 61.6 Å². The van der Waals surface area contributed by atoms with Crippen LogP contribution in [0.3, 0.4) is 0 Å². The molecule has 0 radical (unpaired) electrons. The molecule has 3 aromatic rings. The number of ether oxygens (including phenoxy) is 1. The van der Waals surface area contributed by atoms with E-state index in [4.69, 9.17) is 27.9 Å². The monoisotopic (exact) mass is 488 g/mol. The number of nitrogens with zero attached hydrogens (tertiary/aromatic N) is 2. The molecule has 1 aromatic carbocycles. The molecule has 0 saturated carbocycles. The van der Waals surface area contributed by atoms with Gasteiger partial charge in [-0.05, 0) is 28.6 Å². The molecule has 5 atom stereocenters. The SMILES string of the molecule is OC[C@H]1O[C@@H](c2ccc(Cl)c(Cc3nnc(-c4sccc4Cl)s3)c2)[C@H](O)[C@@H](O)[C@@H]1O. The first-order chi connectivity index (χ1) is 14.4. The van der Waals surface area contributed by atoms with E-state index >= 15 is 0 Å². The lowest BCUT2D eigenvalue weighted by atomic mass is 9.90. The normalized spacial score (nSPS) is 26.8. The van der Waals surface area contributed by atoms with Crippen molar-refractivity contribution in [2.24, 2.45) is 0 Å². The molecule has 3 heterocycles. The molecule has 0 unspecified atom stereocenters. The molecule has 1 aliphatic heterocycles. The molecule has 0 spiro atoms. The number of rotatable bonds is 5. The predicted molar refractivity (Wildman–Crippen MR) is 115 cm³/mol. The van der Waals surface area contributed by atoms with E-state index in [-0.39, 0.29) is 0 Å². The number of aliphatic hydroxyl groups excluding tert-OH is 4. The fourth-order valence-corrected chi connectivity index (χ4v) is 5.66. The van der Waals surface area contributed by atoms with Gasteiger partial charge in [-0.25, -0.2) is 0 Å². The van der Waals surface area contributed by atoms with Crippen molar-refractivity contribution in [2.75, 3.05) is 6.61 Å². The topological polar surface area (TPSA) is 116 Å². The Hall–Kier alpha value is -1.14. The third-order valence-electron chi connectivity index (χ3n) is 4.91. The Morgan fingerprint density at radius 3 is 2.50 bits per heavy atom. The minimum Gasteiger partial charge on any atom is -0.394 e. The van der Waals surface area contributed by atoms with Crippen molar-refractivity contribution in [1.82, 2.24) is 10.2 Å². The van der Waals surface area contributed by atoms with Crippen LogP contribution in [0.2, 0.25) is 10.0 Å². The number of thiophene rings is 1. The standard InChI is InChI=1S/C19H18Cl2N2O5S2/c20-10-2-1-8(17-16(27)15(26)14(25)12(7-24)28-17)5-9(10)6-13-22-23-19(30-13)18-11(21)3-4-29-18/h1-5,12,14-17,24-27H,6-7H2/t12-,14-,15+,16-,17+/m1/s1. The van der Waals surface area contributed by atoms with E-state index in [1.807, 2.05) is 11.4 Å². The second-order valence-electron chi connectivity index (χ2n) is 6.88. The average molecular weight is 489 g/mol. The molecular weight excluding hydrogens is 471 g/mol. The van der Waals surface area contributed by atoms with Gasteiger partial charge in [0.25, 0.3) is 0 Å². The van der Waals surface area contributed by atoms with Gasteiger partial charge in [-0.2, -0.15) is 0 Å². The molecule has 160 valence electrons. The molecule has 11 heteroatoms. The van der Waals surface area contributed by atoms with E-state index < -0.39 is 37.1 Å². The van der Waals surface area contributed by atoms with Crippen molar-refractivity contribution in [1.29, 1.82) is 0 Å². The third-order valence-corrected chi connectivity index (χ3v) is 7.70. The molecule has 1 fully saturated rings. The van der Waals surface area contributed by atoms with Gasteiger partial charge < -0.3 is 25.2 Å². The first kappa shape index (κ1) is 22.1. The summed E-state index contributed by atoms with van der Waals surface area (Å²) >= 11 is 15.4. The Morgan fingerprint density at radius 1 is 1.00 bits per heavy atom. The third kappa shape index (κ3) is 4.27. The van der Waals surface area contributed by atoms with Crippen molar-refractivity contribution in [3.63, 3.8) is 0 Å². The number of halogens is 2. The summed E-state index contributed by atoms with van der Waals surface area (Å²) < 4.78 is 5.64. The van der Waals surface area contributed by atoms with Crippen LogP contribution in [0.1, 0.15) is 22.2 Å². The Balaban J connectivity index is 1.58. The Morgan fingerprint density at radius 2 is 1.80 bits per heavy atom. The largest absolute Gasteiger partial charge is 0.394 e. The van der Waals surface area contributed by atoms with Gasteiger partial charge >= 0.3 is 0 Å². The second kappa shape index (κ2) is 9.15. The van der Waals surface area contributed by atoms with Gasteiger partial charge in [0.05, 0.1) is 16.5 Å². The van der Waals surface area contributed by atoms with Gasteiger partial charge in [0, 0.05) is 11.4 Å². The number of aromatic nitrogens is 2. The van der Waals surface area contributed by atoms with Crippen LogP contribution in [0.25, 0.3) is 9.88 Å². The number of hydrogen-bond acceptors (Lipinski definition) is 9. The van der Waals surface area contributed by atoms with Gasteiger partial charge in [-0.15, -0.1) is 21.5 Å². The van der Waals surface area contributed by atoms with Crippen LogP contribution in [0.15, 0.2) is 29.6 Å². The maximum Gasteiger partial charge on any atom is 0.159 e. The van der Waals surface area contributed by atoms with Crippen molar-refractivity contribution >= 4 is 45.9 Å². The van der Waals surface area contributed by atoms with Crippen molar-refractivity contribution in [3.8, 4) is 9.88 Å². The number of hydrogen-bond donors (Lipinski definition) is 4. The minimum absolute atomic E-state index is 0.407. The molecule has 0 aliphatic carbocycles. The van der Waals surface area contributed by atoms with Crippen LogP contribution in [0.5, 0.6) is 0 Å². The van der Waals surface area contributed by atoms with Gasteiger partial charge in [0.2, 0.25) is 0 Å². The highest BCUT2D eigenvalue weighted by Crippen LogP contribution is 2.37. The molecule has 30 heavy (non-hydrogen) atoms. The summed E-state index contributed by atoms with van der Waals surface area (Å²) in [6.07, 6.45) is -5.70. The highest BCUT2D eigenvalue weighted by Gasteiger charge is 2.44. The zero-order valence-electron chi connectivity index (χ0n) is 15.4. The van der Waals surface area contributed by atoms with Crippen LogP contribution >= 0.6 is 45.9 Å². The maximum absolute atomic E-state index is 10.4. The molecule has 1 saturated heterocycles. The molecular formula is C19H18Cl2N2O5S2. The van der Waals surface area contributed by atoms with E-state index in [0.29, 0.717) is 22.0 Å². The van der Waals surface area contributed by atoms with Gasteiger partial charge in [0.1, 0.15) is 35.5 Å². The average Bonchev–Trinajstić information content (AvgIpc) is 3.37. The first-order valence-corrected chi connectivity index (χ1v) is 11.5. The van der Waals surface area contributed by atoms with Crippen LogP contribution < -0.4 is 0 Å². The fourth-order valence-electron chi connectivity index (χ4n) is 3.31. The Bertz CT molecular complexity index is 1030. The Kier molecular flexibility index (Phi) is 6.73. The highest BCUT2D eigenvalue weighted by molar-refractivity contribution is 7.21. The molecule has 7 nitrogen and oxygen atoms in total. The summed E-state index contributed by atoms with van der Waals surface area (Å²) in [5.41, 5.74) is 1.31.